The van der Waals surface area contributed by atoms with Gasteiger partial charge in [-0.2, -0.15) is 0 Å². The Hall–Kier alpha value is -1.59. The van der Waals surface area contributed by atoms with Gasteiger partial charge in [0.05, 0.1) is 13.0 Å². The Bertz CT molecular complexity index is 215. The average Bonchev–Trinajstić information content (AvgIpc) is 2.00. The fourth-order valence-corrected chi connectivity index (χ4v) is 0.576. The highest BCUT2D eigenvalue weighted by molar-refractivity contribution is 5.83. The molecular formula is C7H12N2O4. The Kier molecular flexibility index (Phi) is 5.25. The maximum absolute atomic E-state index is 10.8. The molecule has 0 saturated heterocycles. The van der Waals surface area contributed by atoms with Gasteiger partial charge in [-0.3, -0.25) is 14.4 Å². The van der Waals surface area contributed by atoms with Crippen molar-refractivity contribution in [2.24, 2.45) is 0 Å². The summed E-state index contributed by atoms with van der Waals surface area (Å²) < 4.78 is 0. The van der Waals surface area contributed by atoms with Gasteiger partial charge in [-0.1, -0.05) is 0 Å². The number of aliphatic carboxylic acids is 1. The first-order chi connectivity index (χ1) is 6.02. The molecule has 2 amide bonds. The molecule has 0 bridgehead atoms. The summed E-state index contributed by atoms with van der Waals surface area (Å²) in [5.74, 6) is -1.66. The third-order valence-electron chi connectivity index (χ3n) is 1.16. The number of carboxylic acids is 1. The molecule has 0 aromatic heterocycles. The monoisotopic (exact) mass is 188 g/mol. The molecule has 6 nitrogen and oxygen atoms in total. The van der Waals surface area contributed by atoms with Gasteiger partial charge in [0.2, 0.25) is 11.8 Å². The summed E-state index contributed by atoms with van der Waals surface area (Å²) >= 11 is 0. The summed E-state index contributed by atoms with van der Waals surface area (Å²) in [6, 6.07) is 0. The normalized spacial score (nSPS) is 9.00. The van der Waals surface area contributed by atoms with Crippen molar-refractivity contribution >= 4 is 17.8 Å². The van der Waals surface area contributed by atoms with Crippen LogP contribution in [-0.2, 0) is 14.4 Å². The Balaban J connectivity index is 3.41. The van der Waals surface area contributed by atoms with Crippen LogP contribution in [0.25, 0.3) is 0 Å². The molecule has 3 N–H and O–H groups in total. The van der Waals surface area contributed by atoms with Crippen LogP contribution in [0.2, 0.25) is 0 Å². The first kappa shape index (κ1) is 11.4. The van der Waals surface area contributed by atoms with Gasteiger partial charge in [0.1, 0.15) is 0 Å². The third kappa shape index (κ3) is 8.32. The van der Waals surface area contributed by atoms with Crippen molar-refractivity contribution < 1.29 is 19.5 Å². The van der Waals surface area contributed by atoms with Crippen LogP contribution in [0.15, 0.2) is 0 Å². The van der Waals surface area contributed by atoms with E-state index in [0.29, 0.717) is 0 Å². The van der Waals surface area contributed by atoms with Gasteiger partial charge < -0.3 is 15.7 Å². The number of hydrogen-bond donors (Lipinski definition) is 3. The molecule has 0 unspecified atom stereocenters. The maximum Gasteiger partial charge on any atom is 0.305 e. The number of hydrogen-bond acceptors (Lipinski definition) is 3. The lowest BCUT2D eigenvalue weighted by atomic mass is 10.4. The van der Waals surface area contributed by atoms with Gasteiger partial charge in [-0.15, -0.1) is 0 Å². The van der Waals surface area contributed by atoms with E-state index in [4.69, 9.17) is 5.11 Å². The second kappa shape index (κ2) is 5.99. The molecule has 0 fully saturated rings. The van der Waals surface area contributed by atoms with Gasteiger partial charge in [-0.05, 0) is 0 Å². The van der Waals surface area contributed by atoms with E-state index in [1.54, 1.807) is 0 Å². The standard InChI is InChI=1S/C7H12N2O4/c1-5(10)9-4-6(11)8-3-2-7(12)13/h2-4H2,1H3,(H,8,11)(H,9,10)(H,12,13). The fraction of sp³-hybridized carbons (Fsp3) is 0.571. The molecule has 0 heterocycles. The molecule has 0 rings (SSSR count). The van der Waals surface area contributed by atoms with Crippen molar-refractivity contribution in [2.75, 3.05) is 13.1 Å². The predicted molar refractivity (Wildman–Crippen MR) is 43.9 cm³/mol. The quantitative estimate of drug-likeness (QED) is 0.500. The van der Waals surface area contributed by atoms with Crippen molar-refractivity contribution in [2.45, 2.75) is 13.3 Å². The van der Waals surface area contributed by atoms with Crippen LogP contribution >= 0.6 is 0 Å². The summed E-state index contributed by atoms with van der Waals surface area (Å²) in [4.78, 5) is 31.2. The SMILES string of the molecule is CC(=O)NCC(=O)NCCC(=O)O. The molecule has 0 radical (unpaired) electrons. The van der Waals surface area contributed by atoms with Gasteiger partial charge in [0.25, 0.3) is 0 Å². The minimum atomic E-state index is -0.972. The van der Waals surface area contributed by atoms with Gasteiger partial charge >= 0.3 is 5.97 Å². The lowest BCUT2D eigenvalue weighted by molar-refractivity contribution is -0.137. The Morgan fingerprint density at radius 2 is 1.85 bits per heavy atom. The first-order valence-electron chi connectivity index (χ1n) is 3.75. The van der Waals surface area contributed by atoms with Gasteiger partial charge in [0.15, 0.2) is 0 Å². The number of amides is 2. The van der Waals surface area contributed by atoms with Crippen molar-refractivity contribution in [3.8, 4) is 0 Å². The molecular weight excluding hydrogens is 176 g/mol. The summed E-state index contributed by atoms with van der Waals surface area (Å²) in [5.41, 5.74) is 0. The van der Waals surface area contributed by atoms with Crippen LogP contribution in [0.3, 0.4) is 0 Å². The highest BCUT2D eigenvalue weighted by Crippen LogP contribution is 1.75. The average molecular weight is 188 g/mol. The summed E-state index contributed by atoms with van der Waals surface area (Å²) in [7, 11) is 0. The van der Waals surface area contributed by atoms with Crippen LogP contribution in [-0.4, -0.2) is 36.0 Å². The van der Waals surface area contributed by atoms with E-state index in [1.807, 2.05) is 0 Å². The Labute approximate surface area is 75.3 Å². The van der Waals surface area contributed by atoms with E-state index in [0.717, 1.165) is 0 Å². The minimum absolute atomic E-state index is 0.0771. The molecule has 0 spiro atoms. The van der Waals surface area contributed by atoms with Crippen LogP contribution in [0, 0.1) is 0 Å². The van der Waals surface area contributed by atoms with E-state index in [-0.39, 0.29) is 25.4 Å². The second-order valence-electron chi connectivity index (χ2n) is 2.40. The van der Waals surface area contributed by atoms with Crippen molar-refractivity contribution in [3.05, 3.63) is 0 Å². The summed E-state index contributed by atoms with van der Waals surface area (Å²) in [6.07, 6.45) is -0.119. The number of nitrogens with one attached hydrogen (secondary N) is 2. The number of carbonyl (C=O) groups excluding carboxylic acids is 2. The number of rotatable bonds is 5. The lowest BCUT2D eigenvalue weighted by Gasteiger charge is -2.03. The zero-order chi connectivity index (χ0) is 10.3. The molecule has 0 aliphatic heterocycles. The Morgan fingerprint density at radius 1 is 1.23 bits per heavy atom. The smallest absolute Gasteiger partial charge is 0.305 e. The topological polar surface area (TPSA) is 95.5 Å². The first-order valence-corrected chi connectivity index (χ1v) is 3.75. The Morgan fingerprint density at radius 3 is 2.31 bits per heavy atom. The van der Waals surface area contributed by atoms with Crippen LogP contribution in [0.1, 0.15) is 13.3 Å². The fourth-order valence-electron chi connectivity index (χ4n) is 0.576. The zero-order valence-corrected chi connectivity index (χ0v) is 7.29. The van der Waals surface area contributed by atoms with Crippen molar-refractivity contribution in [1.82, 2.24) is 10.6 Å². The van der Waals surface area contributed by atoms with Gasteiger partial charge in [-0.25, -0.2) is 0 Å². The molecule has 0 atom stereocenters. The molecule has 6 heteroatoms. The molecule has 0 saturated carbocycles. The highest BCUT2D eigenvalue weighted by Gasteiger charge is 2.02. The molecule has 0 aromatic carbocycles. The molecule has 0 aliphatic rings. The van der Waals surface area contributed by atoms with E-state index in [9.17, 15) is 14.4 Å². The second-order valence-corrected chi connectivity index (χ2v) is 2.40. The van der Waals surface area contributed by atoms with E-state index < -0.39 is 11.9 Å². The molecule has 74 valence electrons. The lowest BCUT2D eigenvalue weighted by Crippen LogP contribution is -2.36. The van der Waals surface area contributed by atoms with E-state index >= 15 is 0 Å². The predicted octanol–water partition coefficient (Wildman–Crippen LogP) is -1.29. The number of carbonyl (C=O) groups is 3. The molecule has 13 heavy (non-hydrogen) atoms. The molecule has 0 aliphatic carbocycles. The van der Waals surface area contributed by atoms with Crippen LogP contribution < -0.4 is 10.6 Å². The van der Waals surface area contributed by atoms with Crippen LogP contribution in [0.4, 0.5) is 0 Å². The summed E-state index contributed by atoms with van der Waals surface area (Å²) in [5, 5.41) is 12.8. The highest BCUT2D eigenvalue weighted by atomic mass is 16.4. The van der Waals surface area contributed by atoms with Gasteiger partial charge in [0, 0.05) is 13.5 Å². The summed E-state index contributed by atoms with van der Waals surface area (Å²) in [6.45, 7) is 1.26. The third-order valence-corrected chi connectivity index (χ3v) is 1.16. The van der Waals surface area contributed by atoms with Crippen molar-refractivity contribution in [3.63, 3.8) is 0 Å². The minimum Gasteiger partial charge on any atom is -0.481 e. The molecule has 0 aromatic rings. The van der Waals surface area contributed by atoms with E-state index in [1.165, 1.54) is 6.92 Å². The maximum atomic E-state index is 10.8. The number of carboxylic acid groups (broad SMARTS) is 1. The van der Waals surface area contributed by atoms with E-state index in [2.05, 4.69) is 10.6 Å². The largest absolute Gasteiger partial charge is 0.481 e. The van der Waals surface area contributed by atoms with Crippen molar-refractivity contribution in [1.29, 1.82) is 0 Å². The zero-order valence-electron chi connectivity index (χ0n) is 7.29. The van der Waals surface area contributed by atoms with Crippen LogP contribution in [0.5, 0.6) is 0 Å².